The van der Waals surface area contributed by atoms with Gasteiger partial charge < -0.3 is 15.7 Å². The number of nitrogens with zero attached hydrogens (tertiary/aromatic N) is 2. The maximum Gasteiger partial charge on any atom is 0.132 e. The van der Waals surface area contributed by atoms with Gasteiger partial charge in [-0.05, 0) is 20.5 Å². The lowest BCUT2D eigenvalue weighted by Crippen LogP contribution is -2.37. The molecule has 1 aliphatic rings. The molecule has 0 saturated carbocycles. The van der Waals surface area contributed by atoms with E-state index in [1.807, 2.05) is 20.2 Å². The minimum absolute atomic E-state index is 0.208. The van der Waals surface area contributed by atoms with Crippen molar-refractivity contribution in [3.8, 4) is 0 Å². The monoisotopic (exact) mass is 281 g/mol. The van der Waals surface area contributed by atoms with E-state index in [1.165, 1.54) is 0 Å². The summed E-state index contributed by atoms with van der Waals surface area (Å²) < 4.78 is 14.2. The third kappa shape index (κ3) is 3.55. The van der Waals surface area contributed by atoms with Gasteiger partial charge in [-0.2, -0.15) is 0 Å². The normalized spacial score (nSPS) is 23.7. The van der Waals surface area contributed by atoms with Crippen LogP contribution in [0.5, 0.6) is 0 Å². The summed E-state index contributed by atoms with van der Waals surface area (Å²) in [5.74, 6) is -0.208. The van der Waals surface area contributed by atoms with Gasteiger partial charge in [0.1, 0.15) is 5.82 Å². The Morgan fingerprint density at radius 2 is 2.10 bits per heavy atom. The Morgan fingerprint density at radius 3 is 2.75 bits per heavy atom. The standard InChI is InChI=1S/C15H24FN3O/c1-18(2)9-13-6-14(20)10-19(13)8-12-5-3-4-11(7-17)15(12)16/h3-5,13-14,20H,6-10,17H2,1-2H3. The van der Waals surface area contributed by atoms with E-state index in [0.29, 0.717) is 24.2 Å². The highest BCUT2D eigenvalue weighted by Crippen LogP contribution is 2.23. The minimum Gasteiger partial charge on any atom is -0.392 e. The molecule has 1 aromatic rings. The van der Waals surface area contributed by atoms with Crippen molar-refractivity contribution in [2.24, 2.45) is 5.73 Å². The van der Waals surface area contributed by atoms with Gasteiger partial charge in [-0.3, -0.25) is 4.90 Å². The zero-order chi connectivity index (χ0) is 14.7. The number of rotatable bonds is 5. The molecule has 1 saturated heterocycles. The number of β-amino-alcohol motifs (C(OH)–C–C–N with tert-alkyl or cyclic N) is 1. The molecule has 0 spiro atoms. The van der Waals surface area contributed by atoms with Crippen LogP contribution in [-0.4, -0.2) is 54.2 Å². The molecular formula is C15H24FN3O. The molecule has 2 atom stereocenters. The van der Waals surface area contributed by atoms with Crippen LogP contribution in [-0.2, 0) is 13.1 Å². The van der Waals surface area contributed by atoms with Gasteiger partial charge in [0, 0.05) is 43.3 Å². The Morgan fingerprint density at radius 1 is 1.40 bits per heavy atom. The van der Waals surface area contributed by atoms with Crippen molar-refractivity contribution in [1.29, 1.82) is 0 Å². The highest BCUT2D eigenvalue weighted by atomic mass is 19.1. The highest BCUT2D eigenvalue weighted by molar-refractivity contribution is 5.26. The van der Waals surface area contributed by atoms with E-state index in [4.69, 9.17) is 5.73 Å². The number of hydrogen-bond acceptors (Lipinski definition) is 4. The zero-order valence-corrected chi connectivity index (χ0v) is 12.2. The predicted octanol–water partition coefficient (Wildman–Crippen LogP) is 0.781. The summed E-state index contributed by atoms with van der Waals surface area (Å²) >= 11 is 0. The number of likely N-dealkylation sites (N-methyl/N-ethyl adjacent to an activating group) is 1. The lowest BCUT2D eigenvalue weighted by Gasteiger charge is -2.27. The average Bonchev–Trinajstić information content (AvgIpc) is 2.71. The lowest BCUT2D eigenvalue weighted by molar-refractivity contribution is 0.168. The molecule has 0 aromatic heterocycles. The van der Waals surface area contributed by atoms with Gasteiger partial charge in [0.05, 0.1) is 6.10 Å². The maximum atomic E-state index is 14.2. The first-order chi connectivity index (χ1) is 9.51. The van der Waals surface area contributed by atoms with Gasteiger partial charge >= 0.3 is 0 Å². The first-order valence-corrected chi connectivity index (χ1v) is 7.04. The van der Waals surface area contributed by atoms with Crippen molar-refractivity contribution in [3.63, 3.8) is 0 Å². The summed E-state index contributed by atoms with van der Waals surface area (Å²) in [5, 5.41) is 9.86. The van der Waals surface area contributed by atoms with Crippen LogP contribution in [0.1, 0.15) is 17.5 Å². The third-order valence-corrected chi connectivity index (χ3v) is 3.83. The van der Waals surface area contributed by atoms with Gasteiger partial charge in [-0.1, -0.05) is 18.2 Å². The zero-order valence-electron chi connectivity index (χ0n) is 12.2. The number of aliphatic hydroxyl groups excluding tert-OH is 1. The van der Waals surface area contributed by atoms with Crippen molar-refractivity contribution in [3.05, 3.63) is 35.1 Å². The van der Waals surface area contributed by atoms with Crippen LogP contribution in [0.25, 0.3) is 0 Å². The fourth-order valence-electron chi connectivity index (χ4n) is 2.89. The van der Waals surface area contributed by atoms with Crippen LogP contribution in [0.4, 0.5) is 4.39 Å². The summed E-state index contributed by atoms with van der Waals surface area (Å²) in [6.07, 6.45) is 0.428. The van der Waals surface area contributed by atoms with Crippen LogP contribution in [0, 0.1) is 5.82 Å². The van der Waals surface area contributed by atoms with E-state index in [0.717, 1.165) is 13.0 Å². The fourth-order valence-corrected chi connectivity index (χ4v) is 2.89. The van der Waals surface area contributed by atoms with Gasteiger partial charge in [-0.25, -0.2) is 4.39 Å². The maximum absolute atomic E-state index is 14.2. The van der Waals surface area contributed by atoms with E-state index in [9.17, 15) is 9.50 Å². The first-order valence-electron chi connectivity index (χ1n) is 7.04. The van der Waals surface area contributed by atoms with Crippen LogP contribution >= 0.6 is 0 Å². The quantitative estimate of drug-likeness (QED) is 0.837. The van der Waals surface area contributed by atoms with Crippen LogP contribution in [0.3, 0.4) is 0 Å². The predicted molar refractivity (Wildman–Crippen MR) is 77.7 cm³/mol. The number of aliphatic hydroxyl groups is 1. The Hall–Kier alpha value is -1.01. The summed E-state index contributed by atoms with van der Waals surface area (Å²) in [5.41, 5.74) is 6.75. The molecule has 0 bridgehead atoms. The van der Waals surface area contributed by atoms with Crippen LogP contribution in [0.15, 0.2) is 18.2 Å². The second kappa shape index (κ2) is 6.63. The lowest BCUT2D eigenvalue weighted by atomic mass is 10.1. The fraction of sp³-hybridized carbons (Fsp3) is 0.600. The number of hydrogen-bond donors (Lipinski definition) is 2. The summed E-state index contributed by atoms with van der Waals surface area (Å²) in [6.45, 7) is 2.21. The average molecular weight is 281 g/mol. The SMILES string of the molecule is CN(C)CC1CC(O)CN1Cc1cccc(CN)c1F. The Balaban J connectivity index is 2.11. The van der Waals surface area contributed by atoms with Crippen molar-refractivity contribution >= 4 is 0 Å². The van der Waals surface area contributed by atoms with Crippen LogP contribution in [0.2, 0.25) is 0 Å². The molecule has 5 heteroatoms. The van der Waals surface area contributed by atoms with E-state index in [1.54, 1.807) is 12.1 Å². The van der Waals surface area contributed by atoms with Gasteiger partial charge in [-0.15, -0.1) is 0 Å². The summed E-state index contributed by atoms with van der Waals surface area (Å²) in [7, 11) is 4.02. The number of benzene rings is 1. The second-order valence-corrected chi connectivity index (χ2v) is 5.83. The van der Waals surface area contributed by atoms with E-state index >= 15 is 0 Å². The molecule has 0 amide bonds. The van der Waals surface area contributed by atoms with E-state index < -0.39 is 0 Å². The first kappa shape index (κ1) is 15.4. The molecule has 112 valence electrons. The molecule has 1 aromatic carbocycles. The molecule has 1 heterocycles. The topological polar surface area (TPSA) is 52.7 Å². The number of likely N-dealkylation sites (tertiary alicyclic amines) is 1. The van der Waals surface area contributed by atoms with Crippen molar-refractivity contribution in [2.75, 3.05) is 27.2 Å². The Labute approximate surface area is 120 Å². The molecule has 1 fully saturated rings. The molecule has 0 aliphatic carbocycles. The molecular weight excluding hydrogens is 257 g/mol. The van der Waals surface area contributed by atoms with Crippen molar-refractivity contribution < 1.29 is 9.50 Å². The van der Waals surface area contributed by atoms with Crippen molar-refractivity contribution in [2.45, 2.75) is 31.7 Å². The molecule has 4 nitrogen and oxygen atoms in total. The van der Waals surface area contributed by atoms with Crippen LogP contribution < -0.4 is 5.73 Å². The smallest absolute Gasteiger partial charge is 0.132 e. The minimum atomic E-state index is -0.319. The highest BCUT2D eigenvalue weighted by Gasteiger charge is 2.31. The van der Waals surface area contributed by atoms with E-state index in [-0.39, 0.29) is 24.5 Å². The molecule has 2 rings (SSSR count). The Kier molecular flexibility index (Phi) is 5.10. The van der Waals surface area contributed by atoms with E-state index in [2.05, 4.69) is 9.80 Å². The summed E-state index contributed by atoms with van der Waals surface area (Å²) in [6, 6.07) is 5.62. The third-order valence-electron chi connectivity index (χ3n) is 3.83. The summed E-state index contributed by atoms with van der Waals surface area (Å²) in [4.78, 5) is 4.26. The molecule has 1 aliphatic heterocycles. The number of halogens is 1. The molecule has 0 radical (unpaired) electrons. The van der Waals surface area contributed by atoms with Crippen molar-refractivity contribution in [1.82, 2.24) is 9.80 Å². The number of nitrogens with two attached hydrogens (primary N) is 1. The molecule has 20 heavy (non-hydrogen) atoms. The van der Waals surface area contributed by atoms with Gasteiger partial charge in [0.25, 0.3) is 0 Å². The molecule has 3 N–H and O–H groups in total. The van der Waals surface area contributed by atoms with Gasteiger partial charge in [0.15, 0.2) is 0 Å². The Bertz CT molecular complexity index is 453. The largest absolute Gasteiger partial charge is 0.392 e. The van der Waals surface area contributed by atoms with Gasteiger partial charge in [0.2, 0.25) is 0 Å². The second-order valence-electron chi connectivity index (χ2n) is 5.83. The molecule has 2 unspecified atom stereocenters.